The molecule has 28 heavy (non-hydrogen) atoms. The maximum atomic E-state index is 4.51. The van der Waals surface area contributed by atoms with Gasteiger partial charge in [0.05, 0.1) is 11.4 Å². The number of para-hydroxylation sites is 1. The van der Waals surface area contributed by atoms with Crippen LogP contribution >= 0.6 is 0 Å². The number of benzene rings is 1. The predicted octanol–water partition coefficient (Wildman–Crippen LogP) is 2.52. The van der Waals surface area contributed by atoms with Gasteiger partial charge in [0.2, 0.25) is 0 Å². The first-order valence-electron chi connectivity index (χ1n) is 9.53. The SMILES string of the molecule is CN=C(NCc1ccccc1-n1cccn1)NC(C)Cc1c(C)nn(C)c1C. The lowest BCUT2D eigenvalue weighted by Gasteiger charge is -2.19. The summed E-state index contributed by atoms with van der Waals surface area (Å²) in [5.41, 5.74) is 5.81. The quantitative estimate of drug-likeness (QED) is 0.510. The molecular weight excluding hydrogens is 350 g/mol. The third-order valence-electron chi connectivity index (χ3n) is 4.97. The van der Waals surface area contributed by atoms with Gasteiger partial charge in [-0.05, 0) is 50.5 Å². The van der Waals surface area contributed by atoms with Gasteiger partial charge in [0.1, 0.15) is 0 Å². The van der Waals surface area contributed by atoms with Gasteiger partial charge in [-0.1, -0.05) is 18.2 Å². The normalized spacial score (nSPS) is 12.8. The van der Waals surface area contributed by atoms with E-state index in [-0.39, 0.29) is 6.04 Å². The summed E-state index contributed by atoms with van der Waals surface area (Å²) < 4.78 is 3.82. The van der Waals surface area contributed by atoms with E-state index in [1.54, 1.807) is 13.2 Å². The van der Waals surface area contributed by atoms with Crippen molar-refractivity contribution in [2.45, 2.75) is 39.8 Å². The Morgan fingerprint density at radius 1 is 1.21 bits per heavy atom. The highest BCUT2D eigenvalue weighted by Crippen LogP contribution is 2.15. The fourth-order valence-electron chi connectivity index (χ4n) is 3.37. The first kappa shape index (κ1) is 19.7. The Hall–Kier alpha value is -3.09. The molecule has 3 aromatic rings. The van der Waals surface area contributed by atoms with Crippen LogP contribution < -0.4 is 10.6 Å². The number of hydrogen-bond acceptors (Lipinski definition) is 3. The molecule has 0 radical (unpaired) electrons. The monoisotopic (exact) mass is 379 g/mol. The van der Waals surface area contributed by atoms with Crippen LogP contribution in [0.15, 0.2) is 47.7 Å². The van der Waals surface area contributed by atoms with Gasteiger partial charge < -0.3 is 10.6 Å². The smallest absolute Gasteiger partial charge is 0.191 e. The largest absolute Gasteiger partial charge is 0.354 e. The lowest BCUT2D eigenvalue weighted by Crippen LogP contribution is -2.42. The van der Waals surface area contributed by atoms with Gasteiger partial charge in [-0.2, -0.15) is 10.2 Å². The Balaban J connectivity index is 1.63. The minimum absolute atomic E-state index is 0.231. The topological polar surface area (TPSA) is 72.1 Å². The molecular formula is C21H29N7. The van der Waals surface area contributed by atoms with Crippen molar-refractivity contribution in [1.82, 2.24) is 30.2 Å². The Morgan fingerprint density at radius 2 is 2.00 bits per heavy atom. The van der Waals surface area contributed by atoms with Gasteiger partial charge in [-0.15, -0.1) is 0 Å². The molecule has 3 rings (SSSR count). The molecule has 0 saturated carbocycles. The van der Waals surface area contributed by atoms with E-state index in [1.807, 2.05) is 40.8 Å². The third kappa shape index (κ3) is 4.42. The van der Waals surface area contributed by atoms with E-state index in [2.05, 4.69) is 58.7 Å². The van der Waals surface area contributed by atoms with Gasteiger partial charge in [0.25, 0.3) is 0 Å². The second-order valence-corrected chi connectivity index (χ2v) is 7.03. The molecule has 0 bridgehead atoms. The van der Waals surface area contributed by atoms with Gasteiger partial charge in [0, 0.05) is 44.8 Å². The number of nitrogens with zero attached hydrogens (tertiary/aromatic N) is 5. The fraction of sp³-hybridized carbons (Fsp3) is 0.381. The standard InChI is InChI=1S/C21H29N7/c1-15(13-19-16(2)26-27(5)17(19)3)25-21(22-4)23-14-18-9-6-7-10-20(18)28-12-8-11-24-28/h6-12,15H,13-14H2,1-5H3,(H2,22,23,25). The summed E-state index contributed by atoms with van der Waals surface area (Å²) in [4.78, 5) is 4.38. The van der Waals surface area contributed by atoms with E-state index >= 15 is 0 Å². The first-order chi connectivity index (χ1) is 13.5. The van der Waals surface area contributed by atoms with Gasteiger partial charge in [-0.25, -0.2) is 4.68 Å². The Morgan fingerprint density at radius 3 is 2.64 bits per heavy atom. The van der Waals surface area contributed by atoms with Gasteiger partial charge in [-0.3, -0.25) is 9.67 Å². The molecule has 7 nitrogen and oxygen atoms in total. The molecule has 0 spiro atoms. The molecule has 2 aromatic heterocycles. The average Bonchev–Trinajstić information content (AvgIpc) is 3.30. The molecule has 0 amide bonds. The van der Waals surface area contributed by atoms with Crippen molar-refractivity contribution in [2.24, 2.45) is 12.0 Å². The Kier molecular flexibility index (Phi) is 6.13. The predicted molar refractivity (Wildman–Crippen MR) is 113 cm³/mol. The minimum Gasteiger partial charge on any atom is -0.354 e. The molecule has 2 N–H and O–H groups in total. The second kappa shape index (κ2) is 8.73. The number of guanidine groups is 1. The molecule has 0 saturated heterocycles. The fourth-order valence-corrected chi connectivity index (χ4v) is 3.37. The van der Waals surface area contributed by atoms with Crippen LogP contribution in [0.4, 0.5) is 0 Å². The molecule has 1 aromatic carbocycles. The van der Waals surface area contributed by atoms with Crippen LogP contribution in [-0.2, 0) is 20.0 Å². The molecule has 0 aliphatic rings. The average molecular weight is 380 g/mol. The van der Waals surface area contributed by atoms with Crippen LogP contribution in [0.2, 0.25) is 0 Å². The Labute approximate surface area is 166 Å². The molecule has 1 atom stereocenters. The second-order valence-electron chi connectivity index (χ2n) is 7.03. The summed E-state index contributed by atoms with van der Waals surface area (Å²) in [6, 6.07) is 10.4. The van der Waals surface area contributed by atoms with Crippen LogP contribution in [0.5, 0.6) is 0 Å². The summed E-state index contributed by atoms with van der Waals surface area (Å²) in [5, 5.41) is 15.7. The van der Waals surface area contributed by atoms with Crippen LogP contribution in [0.1, 0.15) is 29.4 Å². The van der Waals surface area contributed by atoms with E-state index in [0.717, 1.165) is 29.3 Å². The zero-order valence-electron chi connectivity index (χ0n) is 17.3. The van der Waals surface area contributed by atoms with Crippen molar-refractivity contribution in [1.29, 1.82) is 0 Å². The number of hydrogen-bond donors (Lipinski definition) is 2. The lowest BCUT2D eigenvalue weighted by molar-refractivity contribution is 0.635. The van der Waals surface area contributed by atoms with Crippen LogP contribution in [0.3, 0.4) is 0 Å². The van der Waals surface area contributed by atoms with Crippen molar-refractivity contribution in [2.75, 3.05) is 7.05 Å². The van der Waals surface area contributed by atoms with Crippen molar-refractivity contribution in [3.8, 4) is 5.69 Å². The van der Waals surface area contributed by atoms with E-state index in [0.29, 0.717) is 6.54 Å². The number of nitrogens with one attached hydrogen (secondary N) is 2. The van der Waals surface area contributed by atoms with Gasteiger partial charge in [0.15, 0.2) is 5.96 Å². The van der Waals surface area contributed by atoms with Crippen LogP contribution in [0.25, 0.3) is 5.69 Å². The third-order valence-corrected chi connectivity index (χ3v) is 4.97. The number of aromatic nitrogens is 4. The Bertz CT molecular complexity index is 938. The molecule has 1 unspecified atom stereocenters. The van der Waals surface area contributed by atoms with E-state index in [4.69, 9.17) is 0 Å². The van der Waals surface area contributed by atoms with E-state index in [9.17, 15) is 0 Å². The molecule has 0 fully saturated rings. The molecule has 7 heteroatoms. The van der Waals surface area contributed by atoms with Crippen molar-refractivity contribution >= 4 is 5.96 Å². The molecule has 0 aliphatic heterocycles. The van der Waals surface area contributed by atoms with Crippen molar-refractivity contribution in [3.05, 3.63) is 65.2 Å². The molecule has 2 heterocycles. The minimum atomic E-state index is 0.231. The zero-order chi connectivity index (χ0) is 20.1. The van der Waals surface area contributed by atoms with E-state index in [1.165, 1.54) is 11.3 Å². The van der Waals surface area contributed by atoms with E-state index < -0.39 is 0 Å². The van der Waals surface area contributed by atoms with Crippen LogP contribution in [0, 0.1) is 13.8 Å². The van der Waals surface area contributed by atoms with Gasteiger partial charge >= 0.3 is 0 Å². The number of aryl methyl sites for hydroxylation is 2. The highest BCUT2D eigenvalue weighted by Gasteiger charge is 2.14. The maximum absolute atomic E-state index is 4.51. The highest BCUT2D eigenvalue weighted by molar-refractivity contribution is 5.80. The number of aliphatic imine (C=N–C) groups is 1. The summed E-state index contributed by atoms with van der Waals surface area (Å²) in [5.74, 6) is 0.780. The summed E-state index contributed by atoms with van der Waals surface area (Å²) in [6.07, 6.45) is 4.64. The zero-order valence-corrected chi connectivity index (χ0v) is 17.3. The van der Waals surface area contributed by atoms with Crippen LogP contribution in [-0.4, -0.2) is 38.6 Å². The lowest BCUT2D eigenvalue weighted by atomic mass is 10.1. The summed E-state index contributed by atoms with van der Waals surface area (Å²) >= 11 is 0. The first-order valence-corrected chi connectivity index (χ1v) is 9.53. The van der Waals surface area contributed by atoms with Crippen molar-refractivity contribution in [3.63, 3.8) is 0 Å². The summed E-state index contributed by atoms with van der Waals surface area (Å²) in [7, 11) is 3.78. The molecule has 148 valence electrons. The maximum Gasteiger partial charge on any atom is 0.191 e. The highest BCUT2D eigenvalue weighted by atomic mass is 15.3. The van der Waals surface area contributed by atoms with Crippen molar-refractivity contribution < 1.29 is 0 Å². The number of rotatable bonds is 6. The summed E-state index contributed by atoms with van der Waals surface area (Å²) in [6.45, 7) is 7.00. The molecule has 0 aliphatic carbocycles.